The second kappa shape index (κ2) is 2.76. The van der Waals surface area contributed by atoms with Gasteiger partial charge in [-0.1, -0.05) is 6.42 Å². The third-order valence-electron chi connectivity index (χ3n) is 3.42. The summed E-state index contributed by atoms with van der Waals surface area (Å²) < 4.78 is 0. The lowest BCUT2D eigenvalue weighted by Crippen LogP contribution is -2.50. The summed E-state index contributed by atoms with van der Waals surface area (Å²) >= 11 is 0. The molecule has 0 amide bonds. The molecular weight excluding hydrogens is 136 g/mol. The highest BCUT2D eigenvalue weighted by molar-refractivity contribution is 4.98. The van der Waals surface area contributed by atoms with Crippen LogP contribution in [0.3, 0.4) is 0 Å². The molecule has 2 rings (SSSR count). The molecule has 0 radical (unpaired) electrons. The van der Waals surface area contributed by atoms with Gasteiger partial charge in [0.25, 0.3) is 0 Å². The summed E-state index contributed by atoms with van der Waals surface area (Å²) in [7, 11) is 2.28. The van der Waals surface area contributed by atoms with Crippen molar-refractivity contribution >= 4 is 0 Å². The van der Waals surface area contributed by atoms with E-state index in [2.05, 4.69) is 17.3 Å². The van der Waals surface area contributed by atoms with Crippen LogP contribution in [0.1, 0.15) is 25.7 Å². The van der Waals surface area contributed by atoms with Crippen LogP contribution in [0.2, 0.25) is 0 Å². The maximum atomic E-state index is 3.47. The van der Waals surface area contributed by atoms with E-state index in [1.54, 1.807) is 0 Å². The zero-order valence-corrected chi connectivity index (χ0v) is 7.40. The summed E-state index contributed by atoms with van der Waals surface area (Å²) in [6.45, 7) is 3.76. The minimum absolute atomic E-state index is 0.554. The summed E-state index contributed by atoms with van der Waals surface area (Å²) in [5.41, 5.74) is 0.554. The molecule has 0 aromatic heterocycles. The van der Waals surface area contributed by atoms with Crippen molar-refractivity contribution in [1.29, 1.82) is 0 Å². The van der Waals surface area contributed by atoms with Crippen molar-refractivity contribution in [3.05, 3.63) is 0 Å². The van der Waals surface area contributed by atoms with Crippen LogP contribution in [0.25, 0.3) is 0 Å². The Hall–Kier alpha value is -0.0800. The average Bonchev–Trinajstić information content (AvgIpc) is 2.46. The molecule has 2 saturated heterocycles. The van der Waals surface area contributed by atoms with Crippen LogP contribution in [-0.4, -0.2) is 37.1 Å². The summed E-state index contributed by atoms with van der Waals surface area (Å²) in [5, 5.41) is 3.47. The molecule has 0 aromatic rings. The molecule has 64 valence electrons. The fourth-order valence-electron chi connectivity index (χ4n) is 2.50. The number of nitrogens with zero attached hydrogens (tertiary/aromatic N) is 1. The smallest absolute Gasteiger partial charge is 0.0342 e. The van der Waals surface area contributed by atoms with Gasteiger partial charge in [0.05, 0.1) is 0 Å². The van der Waals surface area contributed by atoms with E-state index in [1.807, 2.05) is 0 Å². The maximum absolute atomic E-state index is 3.47. The minimum atomic E-state index is 0.554. The summed E-state index contributed by atoms with van der Waals surface area (Å²) in [4.78, 5) is 2.57. The first-order chi connectivity index (χ1) is 5.33. The van der Waals surface area contributed by atoms with E-state index >= 15 is 0 Å². The number of rotatable bonds is 0. The first kappa shape index (κ1) is 7.56. The van der Waals surface area contributed by atoms with E-state index in [1.165, 1.54) is 45.3 Å². The molecule has 1 unspecified atom stereocenters. The Labute approximate surface area is 69.0 Å². The molecule has 2 heterocycles. The highest BCUT2D eigenvalue weighted by atomic mass is 15.2. The highest BCUT2D eigenvalue weighted by Gasteiger charge is 2.38. The number of piperidine rings is 1. The van der Waals surface area contributed by atoms with E-state index < -0.39 is 0 Å². The van der Waals surface area contributed by atoms with Crippen molar-refractivity contribution in [3.8, 4) is 0 Å². The van der Waals surface area contributed by atoms with Crippen molar-refractivity contribution in [2.24, 2.45) is 0 Å². The molecule has 1 N–H and O–H groups in total. The van der Waals surface area contributed by atoms with Gasteiger partial charge in [-0.2, -0.15) is 0 Å². The highest BCUT2D eigenvalue weighted by Crippen LogP contribution is 2.31. The van der Waals surface area contributed by atoms with Crippen molar-refractivity contribution in [2.45, 2.75) is 31.2 Å². The van der Waals surface area contributed by atoms with Crippen molar-refractivity contribution < 1.29 is 0 Å². The second-order valence-corrected chi connectivity index (χ2v) is 4.03. The molecule has 2 heteroatoms. The summed E-state index contributed by atoms with van der Waals surface area (Å²) in [6, 6.07) is 0. The molecule has 2 aliphatic heterocycles. The normalized spacial score (nSPS) is 40.1. The number of likely N-dealkylation sites (tertiary alicyclic amines) is 1. The van der Waals surface area contributed by atoms with Crippen LogP contribution in [0.15, 0.2) is 0 Å². The van der Waals surface area contributed by atoms with Gasteiger partial charge in [0.1, 0.15) is 0 Å². The van der Waals surface area contributed by atoms with Crippen molar-refractivity contribution in [3.63, 3.8) is 0 Å². The molecule has 2 nitrogen and oxygen atoms in total. The molecule has 0 saturated carbocycles. The van der Waals surface area contributed by atoms with Gasteiger partial charge in [-0.25, -0.2) is 0 Å². The number of nitrogens with one attached hydrogen (secondary N) is 1. The van der Waals surface area contributed by atoms with Gasteiger partial charge in [-0.05, 0) is 39.4 Å². The zero-order chi connectivity index (χ0) is 7.73. The van der Waals surface area contributed by atoms with Gasteiger partial charge in [-0.15, -0.1) is 0 Å². The standard InChI is InChI=1S/C9H18N2/c1-11-7-3-2-4-9(11)5-6-10-8-9/h10H,2-8H2,1H3. The van der Waals surface area contributed by atoms with E-state index in [-0.39, 0.29) is 0 Å². The number of likely N-dealkylation sites (N-methyl/N-ethyl adjacent to an activating group) is 1. The van der Waals surface area contributed by atoms with E-state index in [0.717, 1.165) is 0 Å². The van der Waals surface area contributed by atoms with E-state index in [9.17, 15) is 0 Å². The first-order valence-electron chi connectivity index (χ1n) is 4.75. The molecule has 0 aliphatic carbocycles. The number of hydrogen-bond acceptors (Lipinski definition) is 2. The largest absolute Gasteiger partial charge is 0.315 e. The SMILES string of the molecule is CN1CCCCC12CCNC2. The molecule has 11 heavy (non-hydrogen) atoms. The van der Waals surface area contributed by atoms with Crippen molar-refractivity contribution in [1.82, 2.24) is 10.2 Å². The lowest BCUT2D eigenvalue weighted by atomic mass is 9.86. The Morgan fingerprint density at radius 2 is 2.18 bits per heavy atom. The zero-order valence-electron chi connectivity index (χ0n) is 7.40. The first-order valence-corrected chi connectivity index (χ1v) is 4.75. The maximum Gasteiger partial charge on any atom is 0.0342 e. The molecule has 0 bridgehead atoms. The van der Waals surface area contributed by atoms with Gasteiger partial charge in [0.2, 0.25) is 0 Å². The topological polar surface area (TPSA) is 15.3 Å². The number of hydrogen-bond donors (Lipinski definition) is 1. The van der Waals surface area contributed by atoms with Crippen LogP contribution in [-0.2, 0) is 0 Å². The second-order valence-electron chi connectivity index (χ2n) is 4.03. The Morgan fingerprint density at radius 3 is 2.82 bits per heavy atom. The Kier molecular flexibility index (Phi) is 1.90. The predicted octanol–water partition coefficient (Wildman–Crippen LogP) is 0.834. The van der Waals surface area contributed by atoms with Crippen molar-refractivity contribution in [2.75, 3.05) is 26.7 Å². The van der Waals surface area contributed by atoms with Gasteiger partial charge in [0.15, 0.2) is 0 Å². The third kappa shape index (κ3) is 1.18. The quantitative estimate of drug-likeness (QED) is 0.556. The van der Waals surface area contributed by atoms with Crippen LogP contribution < -0.4 is 5.32 Å². The van der Waals surface area contributed by atoms with Crippen LogP contribution in [0.5, 0.6) is 0 Å². The molecule has 1 spiro atoms. The Morgan fingerprint density at radius 1 is 1.27 bits per heavy atom. The van der Waals surface area contributed by atoms with Gasteiger partial charge in [0, 0.05) is 12.1 Å². The van der Waals surface area contributed by atoms with Crippen LogP contribution in [0, 0.1) is 0 Å². The third-order valence-corrected chi connectivity index (χ3v) is 3.42. The fraction of sp³-hybridized carbons (Fsp3) is 1.00. The summed E-state index contributed by atoms with van der Waals surface area (Å²) in [5.74, 6) is 0. The van der Waals surface area contributed by atoms with Gasteiger partial charge >= 0.3 is 0 Å². The average molecular weight is 154 g/mol. The lowest BCUT2D eigenvalue weighted by molar-refractivity contribution is 0.0911. The summed E-state index contributed by atoms with van der Waals surface area (Å²) in [6.07, 6.45) is 5.62. The predicted molar refractivity (Wildman–Crippen MR) is 46.7 cm³/mol. The lowest BCUT2D eigenvalue weighted by Gasteiger charge is -2.42. The van der Waals surface area contributed by atoms with Crippen LogP contribution in [0.4, 0.5) is 0 Å². The molecule has 0 aromatic carbocycles. The monoisotopic (exact) mass is 154 g/mol. The minimum Gasteiger partial charge on any atom is -0.315 e. The Bertz CT molecular complexity index is 138. The fourth-order valence-corrected chi connectivity index (χ4v) is 2.50. The molecular formula is C9H18N2. The molecule has 1 atom stereocenters. The van der Waals surface area contributed by atoms with Crippen LogP contribution >= 0.6 is 0 Å². The van der Waals surface area contributed by atoms with E-state index in [0.29, 0.717) is 5.54 Å². The van der Waals surface area contributed by atoms with E-state index in [4.69, 9.17) is 0 Å². The molecule has 2 aliphatic rings. The van der Waals surface area contributed by atoms with Gasteiger partial charge in [-0.3, -0.25) is 4.90 Å². The molecule has 2 fully saturated rings. The Balaban J connectivity index is 2.07. The van der Waals surface area contributed by atoms with Gasteiger partial charge < -0.3 is 5.32 Å².